The lowest BCUT2D eigenvalue weighted by Crippen LogP contribution is -2.68. The van der Waals surface area contributed by atoms with Gasteiger partial charge in [0.2, 0.25) is 0 Å². The SMILES string of the molecule is CC1(C)[C@@H](O)C[C@H]2O[C@@]2(C)[C@@]12C[C@@H](Br)[C@](C)(Cl)C[C@@H]2O. The van der Waals surface area contributed by atoms with Crippen molar-refractivity contribution in [3.63, 3.8) is 0 Å². The number of hydrogen-bond donors (Lipinski definition) is 2. The van der Waals surface area contributed by atoms with Crippen LogP contribution in [0.2, 0.25) is 0 Å². The zero-order valence-corrected chi connectivity index (χ0v) is 14.8. The first-order chi connectivity index (χ1) is 8.99. The molecule has 0 bridgehead atoms. The van der Waals surface area contributed by atoms with Gasteiger partial charge >= 0.3 is 0 Å². The summed E-state index contributed by atoms with van der Waals surface area (Å²) in [5.41, 5.74) is -1.23. The lowest BCUT2D eigenvalue weighted by Gasteiger charge is -2.61. The van der Waals surface area contributed by atoms with Gasteiger partial charge in [-0.3, -0.25) is 0 Å². The van der Waals surface area contributed by atoms with E-state index in [1.54, 1.807) is 0 Å². The molecule has 1 heterocycles. The van der Waals surface area contributed by atoms with Crippen LogP contribution in [-0.2, 0) is 4.74 Å². The molecule has 116 valence electrons. The van der Waals surface area contributed by atoms with E-state index in [1.165, 1.54) is 0 Å². The number of ether oxygens (including phenoxy) is 1. The van der Waals surface area contributed by atoms with Crippen molar-refractivity contribution >= 4 is 27.5 Å². The molecule has 0 amide bonds. The van der Waals surface area contributed by atoms with Gasteiger partial charge in [0, 0.05) is 22.1 Å². The number of epoxide rings is 1. The number of aliphatic hydroxyl groups excluding tert-OH is 2. The lowest BCUT2D eigenvalue weighted by atomic mass is 9.45. The molecule has 1 spiro atoms. The minimum absolute atomic E-state index is 0.0551. The lowest BCUT2D eigenvalue weighted by molar-refractivity contribution is -0.184. The number of fused-ring (bicyclic) bond motifs is 2. The molecule has 3 nitrogen and oxygen atoms in total. The Morgan fingerprint density at radius 1 is 1.10 bits per heavy atom. The predicted molar refractivity (Wildman–Crippen MR) is 82.3 cm³/mol. The first-order valence-corrected chi connectivity index (χ1v) is 8.65. The number of hydrogen-bond acceptors (Lipinski definition) is 3. The Kier molecular flexibility index (Phi) is 3.21. The Morgan fingerprint density at radius 2 is 1.70 bits per heavy atom. The monoisotopic (exact) mass is 366 g/mol. The summed E-state index contributed by atoms with van der Waals surface area (Å²) in [7, 11) is 0. The average molecular weight is 368 g/mol. The van der Waals surface area contributed by atoms with Gasteiger partial charge in [-0.15, -0.1) is 11.6 Å². The van der Waals surface area contributed by atoms with Gasteiger partial charge < -0.3 is 14.9 Å². The van der Waals surface area contributed by atoms with E-state index in [4.69, 9.17) is 16.3 Å². The molecular weight excluding hydrogens is 344 g/mol. The van der Waals surface area contributed by atoms with Gasteiger partial charge in [0.05, 0.1) is 23.2 Å². The average Bonchev–Trinajstić information content (AvgIpc) is 2.94. The topological polar surface area (TPSA) is 53.0 Å². The van der Waals surface area contributed by atoms with Crippen LogP contribution >= 0.6 is 27.5 Å². The molecule has 0 unspecified atom stereocenters. The second-order valence-corrected chi connectivity index (χ2v) is 9.80. The highest BCUT2D eigenvalue weighted by Crippen LogP contribution is 2.71. The molecule has 1 aliphatic heterocycles. The van der Waals surface area contributed by atoms with Gasteiger partial charge in [0.15, 0.2) is 0 Å². The molecule has 3 aliphatic rings. The molecule has 2 aliphatic carbocycles. The van der Waals surface area contributed by atoms with Crippen LogP contribution in [0.3, 0.4) is 0 Å². The van der Waals surface area contributed by atoms with Crippen LogP contribution < -0.4 is 0 Å². The highest BCUT2D eigenvalue weighted by atomic mass is 79.9. The minimum Gasteiger partial charge on any atom is -0.392 e. The molecular formula is C15H24BrClO3. The third-order valence-electron chi connectivity index (χ3n) is 6.57. The number of halogens is 2. The molecule has 7 atom stereocenters. The van der Waals surface area contributed by atoms with Crippen molar-refractivity contribution in [2.75, 3.05) is 0 Å². The summed E-state index contributed by atoms with van der Waals surface area (Å²) in [6.07, 6.45) is 0.899. The van der Waals surface area contributed by atoms with Crippen LogP contribution in [0.25, 0.3) is 0 Å². The maximum atomic E-state index is 11.0. The number of alkyl halides is 2. The summed E-state index contributed by atoms with van der Waals surface area (Å²) >= 11 is 10.3. The van der Waals surface area contributed by atoms with Crippen LogP contribution in [0, 0.1) is 10.8 Å². The van der Waals surface area contributed by atoms with E-state index in [2.05, 4.69) is 36.7 Å². The first kappa shape index (κ1) is 15.5. The second kappa shape index (κ2) is 4.14. The quantitative estimate of drug-likeness (QED) is 0.511. The number of rotatable bonds is 0. The van der Waals surface area contributed by atoms with Crippen LogP contribution in [0.1, 0.15) is 47.0 Å². The van der Waals surface area contributed by atoms with E-state index in [-0.39, 0.29) is 16.5 Å². The van der Waals surface area contributed by atoms with E-state index in [0.29, 0.717) is 19.3 Å². The molecule has 3 rings (SSSR count). The summed E-state index contributed by atoms with van der Waals surface area (Å²) < 4.78 is 5.97. The Morgan fingerprint density at radius 3 is 2.30 bits per heavy atom. The van der Waals surface area contributed by atoms with E-state index >= 15 is 0 Å². The smallest absolute Gasteiger partial charge is 0.101 e. The van der Waals surface area contributed by atoms with Gasteiger partial charge in [-0.1, -0.05) is 29.8 Å². The zero-order valence-electron chi connectivity index (χ0n) is 12.5. The molecule has 3 fully saturated rings. The third-order valence-corrected chi connectivity index (χ3v) is 8.58. The van der Waals surface area contributed by atoms with Gasteiger partial charge in [0.1, 0.15) is 5.60 Å². The zero-order chi connectivity index (χ0) is 15.1. The van der Waals surface area contributed by atoms with Crippen molar-refractivity contribution in [1.29, 1.82) is 0 Å². The Bertz CT molecular complexity index is 441. The van der Waals surface area contributed by atoms with Crippen molar-refractivity contribution < 1.29 is 14.9 Å². The fourth-order valence-electron chi connectivity index (χ4n) is 4.90. The summed E-state index contributed by atoms with van der Waals surface area (Å²) in [6, 6.07) is 0. The molecule has 2 saturated carbocycles. The van der Waals surface area contributed by atoms with Crippen molar-refractivity contribution in [3.8, 4) is 0 Å². The van der Waals surface area contributed by atoms with Crippen LogP contribution in [0.5, 0.6) is 0 Å². The summed E-state index contributed by atoms with van der Waals surface area (Å²) in [4.78, 5) is -0.379. The van der Waals surface area contributed by atoms with E-state index in [9.17, 15) is 10.2 Å². The van der Waals surface area contributed by atoms with Crippen LogP contribution in [0.15, 0.2) is 0 Å². The van der Waals surface area contributed by atoms with E-state index in [0.717, 1.165) is 0 Å². The van der Waals surface area contributed by atoms with Gasteiger partial charge in [0.25, 0.3) is 0 Å². The predicted octanol–water partition coefficient (Wildman–Crippen LogP) is 2.84. The van der Waals surface area contributed by atoms with Crippen LogP contribution in [0.4, 0.5) is 0 Å². The van der Waals surface area contributed by atoms with E-state index in [1.807, 2.05) is 6.92 Å². The molecule has 5 heteroatoms. The molecule has 20 heavy (non-hydrogen) atoms. The molecule has 0 aromatic carbocycles. The summed E-state index contributed by atoms with van der Waals surface area (Å²) in [5.74, 6) is 0. The number of aliphatic hydroxyl groups is 2. The maximum absolute atomic E-state index is 11.0. The van der Waals surface area contributed by atoms with Gasteiger partial charge in [-0.2, -0.15) is 0 Å². The van der Waals surface area contributed by atoms with Crippen molar-refractivity contribution in [2.24, 2.45) is 10.8 Å². The summed E-state index contributed by atoms with van der Waals surface area (Å²) in [6.45, 7) is 8.16. The molecule has 0 aromatic heterocycles. The normalized spacial score (nSPS) is 61.2. The fraction of sp³-hybridized carbons (Fsp3) is 1.00. The van der Waals surface area contributed by atoms with Crippen molar-refractivity contribution in [2.45, 2.75) is 80.6 Å². The second-order valence-electron chi connectivity index (χ2n) is 7.83. The van der Waals surface area contributed by atoms with Crippen LogP contribution in [-0.4, -0.2) is 43.8 Å². The summed E-state index contributed by atoms with van der Waals surface area (Å²) in [5, 5.41) is 21.5. The molecule has 0 aromatic rings. The minimum atomic E-state index is -0.571. The largest absolute Gasteiger partial charge is 0.392 e. The molecule has 1 saturated heterocycles. The Hall–Kier alpha value is 0.650. The fourth-order valence-corrected chi connectivity index (χ4v) is 5.82. The Balaban J connectivity index is 2.08. The van der Waals surface area contributed by atoms with Crippen molar-refractivity contribution in [3.05, 3.63) is 0 Å². The molecule has 0 radical (unpaired) electrons. The highest BCUT2D eigenvalue weighted by Gasteiger charge is 2.78. The standard InChI is InChI=1S/C15H24BrClO3/c1-12(2)9(18)5-11-14(4,20-11)15(12)6-8(16)13(3,17)7-10(15)19/h8-11,18-19H,5-7H2,1-4H3/t8-,9+,10+,11-,13-,14-,15-/m1/s1. The third kappa shape index (κ3) is 1.63. The highest BCUT2D eigenvalue weighted by molar-refractivity contribution is 9.09. The van der Waals surface area contributed by atoms with Gasteiger partial charge in [-0.25, -0.2) is 0 Å². The Labute approximate surface area is 134 Å². The van der Waals surface area contributed by atoms with Crippen molar-refractivity contribution in [1.82, 2.24) is 0 Å². The molecule has 2 N–H and O–H groups in total. The van der Waals surface area contributed by atoms with Gasteiger partial charge in [-0.05, 0) is 26.7 Å². The first-order valence-electron chi connectivity index (χ1n) is 7.36. The maximum Gasteiger partial charge on any atom is 0.101 e. The van der Waals surface area contributed by atoms with E-state index < -0.39 is 27.9 Å².